The van der Waals surface area contributed by atoms with Gasteiger partial charge in [-0.3, -0.25) is 19.1 Å². The summed E-state index contributed by atoms with van der Waals surface area (Å²) in [6.07, 6.45) is -0.0432. The third kappa shape index (κ3) is 5.51. The number of fused-ring (bicyclic) bond motifs is 1. The number of anilines is 1. The average Bonchev–Trinajstić information content (AvgIpc) is 3.29. The number of carbonyl (C=O) groups excluding carboxylic acids is 3. The normalized spacial score (nSPS) is 22.6. The lowest BCUT2D eigenvalue weighted by molar-refractivity contribution is -0.142. The second-order valence-corrected chi connectivity index (χ2v) is 11.8. The number of alkyl halides is 3. The van der Waals surface area contributed by atoms with Gasteiger partial charge in [-0.25, -0.2) is 0 Å². The lowest BCUT2D eigenvalue weighted by Gasteiger charge is -2.30. The highest BCUT2D eigenvalue weighted by Crippen LogP contribution is 2.64. The predicted octanol–water partition coefficient (Wildman–Crippen LogP) is 3.61. The molecule has 0 radical (unpaired) electrons. The Kier molecular flexibility index (Phi) is 7.27. The molecule has 3 atom stereocenters. The van der Waals surface area contributed by atoms with Gasteiger partial charge in [0.15, 0.2) is 0 Å². The van der Waals surface area contributed by atoms with Crippen molar-refractivity contribution >= 4 is 23.4 Å². The van der Waals surface area contributed by atoms with E-state index in [2.05, 4.69) is 21.8 Å². The van der Waals surface area contributed by atoms with Crippen molar-refractivity contribution in [2.75, 3.05) is 25.1 Å². The summed E-state index contributed by atoms with van der Waals surface area (Å²) >= 11 is 0. The number of benzene rings is 2. The minimum absolute atomic E-state index is 0.0479. The van der Waals surface area contributed by atoms with Crippen LogP contribution in [-0.2, 0) is 33.2 Å². The third-order valence-corrected chi connectivity index (χ3v) is 9.05. The van der Waals surface area contributed by atoms with E-state index in [0.717, 1.165) is 24.8 Å². The molecule has 12 heteroatoms. The molecule has 3 amide bonds. The first-order chi connectivity index (χ1) is 20.5. The Morgan fingerprint density at radius 1 is 1.07 bits per heavy atom. The zero-order valence-corrected chi connectivity index (χ0v) is 23.5. The number of amides is 3. The zero-order valence-electron chi connectivity index (χ0n) is 23.5. The van der Waals surface area contributed by atoms with Crippen molar-refractivity contribution < 1.29 is 32.3 Å². The largest absolute Gasteiger partial charge is 0.405 e. The van der Waals surface area contributed by atoms with Crippen LogP contribution >= 0.6 is 0 Å². The molecule has 2 fully saturated rings. The molecule has 2 aliphatic carbocycles. The van der Waals surface area contributed by atoms with E-state index in [4.69, 9.17) is 4.74 Å². The molecule has 1 spiro atoms. The summed E-state index contributed by atoms with van der Waals surface area (Å²) in [6, 6.07) is 15.2. The Morgan fingerprint density at radius 3 is 2.44 bits per heavy atom. The first kappa shape index (κ1) is 28.9. The van der Waals surface area contributed by atoms with Crippen LogP contribution in [0.3, 0.4) is 0 Å². The Labute approximate surface area is 246 Å². The number of hydrogen-bond donors (Lipinski definition) is 3. The Balaban J connectivity index is 1.25. The van der Waals surface area contributed by atoms with E-state index in [9.17, 15) is 27.6 Å². The summed E-state index contributed by atoms with van der Waals surface area (Å²) in [4.78, 5) is 40.2. The molecule has 0 bridgehead atoms. The number of nitrogens with one attached hydrogen (secondary N) is 3. The van der Waals surface area contributed by atoms with E-state index >= 15 is 0 Å². The maximum Gasteiger partial charge on any atom is 0.405 e. The molecule has 1 aliphatic heterocycles. The molecule has 3 aliphatic rings. The highest BCUT2D eigenvalue weighted by molar-refractivity contribution is 6.01. The number of ether oxygens (including phenoxy) is 1. The van der Waals surface area contributed by atoms with E-state index in [-0.39, 0.29) is 31.0 Å². The molecule has 43 heavy (non-hydrogen) atoms. The van der Waals surface area contributed by atoms with Crippen molar-refractivity contribution in [2.24, 2.45) is 12.5 Å². The van der Waals surface area contributed by atoms with Crippen LogP contribution in [0.5, 0.6) is 0 Å². The van der Waals surface area contributed by atoms with E-state index < -0.39 is 41.9 Å². The smallest absolute Gasteiger partial charge is 0.380 e. The molecule has 2 unspecified atom stereocenters. The molecule has 6 rings (SSSR count). The topological polar surface area (TPSA) is 114 Å². The number of carbonyl (C=O) groups is 3. The van der Waals surface area contributed by atoms with Crippen LogP contribution in [0.1, 0.15) is 52.4 Å². The van der Waals surface area contributed by atoms with Gasteiger partial charge < -0.3 is 20.7 Å². The first-order valence-corrected chi connectivity index (χ1v) is 14.2. The summed E-state index contributed by atoms with van der Waals surface area (Å²) in [6.45, 7) is -1.24. The second kappa shape index (κ2) is 10.8. The lowest BCUT2D eigenvalue weighted by atomic mass is 9.78. The van der Waals surface area contributed by atoms with Gasteiger partial charge in [0, 0.05) is 31.5 Å². The SMILES string of the molecule is Cn1nccc1C(=O)N[C@H](C(=O)Nc1ccc(C2(C(=O)NCC(F)(F)F)CCOC2)cc1)C1c2ccccc2CC12CC2. The summed E-state index contributed by atoms with van der Waals surface area (Å²) in [5, 5.41) is 12.0. The number of hydrogen-bond acceptors (Lipinski definition) is 5. The molecule has 2 aromatic carbocycles. The number of halogens is 3. The average molecular weight is 596 g/mol. The predicted molar refractivity (Wildman–Crippen MR) is 150 cm³/mol. The number of rotatable bonds is 8. The maximum atomic E-state index is 14.0. The van der Waals surface area contributed by atoms with Gasteiger partial charge in [-0.2, -0.15) is 18.3 Å². The molecule has 1 saturated heterocycles. The van der Waals surface area contributed by atoms with Gasteiger partial charge in [-0.15, -0.1) is 0 Å². The fourth-order valence-electron chi connectivity index (χ4n) is 6.66. The molecule has 3 aromatic rings. The highest BCUT2D eigenvalue weighted by atomic mass is 19.4. The monoisotopic (exact) mass is 595 g/mol. The Hall–Kier alpha value is -4.19. The number of nitrogens with zero attached hydrogens (tertiary/aromatic N) is 2. The van der Waals surface area contributed by atoms with E-state index in [1.165, 1.54) is 16.4 Å². The van der Waals surface area contributed by atoms with Crippen LogP contribution in [0.2, 0.25) is 0 Å². The summed E-state index contributed by atoms with van der Waals surface area (Å²) in [7, 11) is 1.66. The minimum atomic E-state index is -4.54. The second-order valence-electron chi connectivity index (χ2n) is 11.8. The van der Waals surface area contributed by atoms with E-state index in [1.807, 2.05) is 23.5 Å². The van der Waals surface area contributed by atoms with Gasteiger partial charge >= 0.3 is 6.18 Å². The highest BCUT2D eigenvalue weighted by Gasteiger charge is 2.58. The van der Waals surface area contributed by atoms with Gasteiger partial charge in [-0.1, -0.05) is 36.4 Å². The quantitative estimate of drug-likeness (QED) is 0.368. The standard InChI is InChI=1S/C31H32F3N5O4/c1-39-23(10-14-36-39)26(40)38-25(24-22-5-3-2-4-19(22)16-29(24)11-12-29)27(41)37-21-8-6-20(7-9-21)30(13-15-43-18-30)28(42)35-17-31(32,33)34/h2-10,14,24-25H,11-13,15-18H2,1H3,(H,35,42)(H,37,41)(H,38,40)/t24?,25-,30?/m0/s1. The number of aromatic nitrogens is 2. The molecule has 9 nitrogen and oxygen atoms in total. The van der Waals surface area contributed by atoms with Crippen LogP contribution < -0.4 is 16.0 Å². The lowest BCUT2D eigenvalue weighted by Crippen LogP contribution is -2.49. The summed E-state index contributed by atoms with van der Waals surface area (Å²) < 4.78 is 45.2. The molecule has 2 heterocycles. The van der Waals surface area contributed by atoms with Crippen molar-refractivity contribution in [1.29, 1.82) is 0 Å². The molecule has 226 valence electrons. The van der Waals surface area contributed by atoms with Crippen molar-refractivity contribution in [3.05, 3.63) is 83.2 Å². The van der Waals surface area contributed by atoms with Crippen LogP contribution in [0.15, 0.2) is 60.8 Å². The van der Waals surface area contributed by atoms with Gasteiger partial charge in [0.05, 0.1) is 12.0 Å². The minimum Gasteiger partial charge on any atom is -0.380 e. The van der Waals surface area contributed by atoms with Crippen molar-refractivity contribution in [3.8, 4) is 0 Å². The molecule has 1 saturated carbocycles. The number of aryl methyl sites for hydroxylation is 1. The van der Waals surface area contributed by atoms with Crippen LogP contribution in [0, 0.1) is 5.41 Å². The zero-order chi connectivity index (χ0) is 30.4. The van der Waals surface area contributed by atoms with E-state index in [0.29, 0.717) is 16.9 Å². The van der Waals surface area contributed by atoms with Crippen molar-refractivity contribution in [1.82, 2.24) is 20.4 Å². The first-order valence-electron chi connectivity index (χ1n) is 14.2. The van der Waals surface area contributed by atoms with Crippen LogP contribution in [0.4, 0.5) is 18.9 Å². The fraction of sp³-hybridized carbons (Fsp3) is 0.419. The van der Waals surface area contributed by atoms with E-state index in [1.54, 1.807) is 37.4 Å². The molecular weight excluding hydrogens is 563 g/mol. The van der Waals surface area contributed by atoms with Gasteiger partial charge in [0.1, 0.15) is 18.3 Å². The summed E-state index contributed by atoms with van der Waals surface area (Å²) in [5.74, 6) is -1.79. The van der Waals surface area contributed by atoms with Crippen LogP contribution in [-0.4, -0.2) is 59.5 Å². The van der Waals surface area contributed by atoms with Gasteiger partial charge in [-0.05, 0) is 66.0 Å². The third-order valence-electron chi connectivity index (χ3n) is 9.05. The summed E-state index contributed by atoms with van der Waals surface area (Å²) in [5.41, 5.74) is 2.10. The molecule has 3 N–H and O–H groups in total. The Bertz CT molecular complexity index is 1540. The fourth-order valence-corrected chi connectivity index (χ4v) is 6.66. The van der Waals surface area contributed by atoms with Crippen molar-refractivity contribution in [2.45, 2.75) is 49.2 Å². The van der Waals surface area contributed by atoms with Crippen LogP contribution in [0.25, 0.3) is 0 Å². The van der Waals surface area contributed by atoms with Crippen molar-refractivity contribution in [3.63, 3.8) is 0 Å². The van der Waals surface area contributed by atoms with Gasteiger partial charge in [0.25, 0.3) is 5.91 Å². The molecule has 1 aromatic heterocycles. The Morgan fingerprint density at radius 2 is 1.81 bits per heavy atom. The maximum absolute atomic E-state index is 14.0. The molecular formula is C31H32F3N5O4. The van der Waals surface area contributed by atoms with Gasteiger partial charge in [0.2, 0.25) is 11.8 Å².